The van der Waals surface area contributed by atoms with Crippen molar-refractivity contribution in [2.75, 3.05) is 67.3 Å². The fourth-order valence-electron chi connectivity index (χ4n) is 11.5. The molecule has 5 heterocycles. The normalized spacial score (nSPS) is 23.4. The molecule has 1 amide bonds. The lowest BCUT2D eigenvalue weighted by Gasteiger charge is -2.42. The Balaban J connectivity index is 0.000000215. The molecule has 0 radical (unpaired) electrons. The van der Waals surface area contributed by atoms with Crippen LogP contribution >= 0.6 is 34.8 Å². The van der Waals surface area contributed by atoms with Crippen molar-refractivity contribution in [1.29, 1.82) is 0 Å². The molecular formula is C59H86Cl3N5O16S3Si. The summed E-state index contributed by atoms with van der Waals surface area (Å²) in [6.45, 7) is 14.0. The molecule has 6 unspecified atom stereocenters. The van der Waals surface area contributed by atoms with Gasteiger partial charge in [0.2, 0.25) is 30.1 Å². The number of aliphatic hydroxyl groups excluding tert-OH is 1. The average molecular weight is 1350 g/mol. The zero-order chi connectivity index (χ0) is 64.1. The molecule has 5 aliphatic heterocycles. The van der Waals surface area contributed by atoms with Crippen LogP contribution in [0.1, 0.15) is 111 Å². The number of hydrogen-bond donors (Lipinski definition) is 1. The van der Waals surface area contributed by atoms with Crippen LogP contribution < -0.4 is 0 Å². The lowest BCUT2D eigenvalue weighted by atomic mass is 9.99. The molecule has 0 aliphatic carbocycles. The molecule has 5 fully saturated rings. The standard InChI is InChI=1S/C25H36ClN3O6S.C20H32ClNO5SSi.C14H18ClNO5S/c1-34-24(30)23-7-5-6-21(29(23)36(32,33)22-10-8-19(26)9-11-22)18-35-25(31)28-16-12-20(13-17-28)27-14-3-2-4-15-27;1-20(2,3)29(5,6)27-14-16-8-7-9-18(19(23)26-4)22(16)28(24,25)17-12-10-15(21)11-13-17;1-21-14(18)13-4-2-3-11(9-17)16(13)22(19,20)12-7-5-10(15)6-8-12/h8-11,20-21,23H,2-7,12-18H2,1H3;10-13,16,18H,7-9,14H2,1-6H3;5-8,11,13,17H,2-4,9H2,1H3. The van der Waals surface area contributed by atoms with Crippen LogP contribution in [0.15, 0.2) is 87.5 Å². The van der Waals surface area contributed by atoms with Crippen molar-refractivity contribution < 1.29 is 72.9 Å². The van der Waals surface area contributed by atoms with Crippen LogP contribution in [-0.4, -0.2) is 195 Å². The molecule has 1 N–H and O–H groups in total. The summed E-state index contributed by atoms with van der Waals surface area (Å²) in [5.41, 5.74) is 0. The van der Waals surface area contributed by atoms with Crippen molar-refractivity contribution >= 4 is 97.2 Å². The minimum atomic E-state index is -4.06. The molecule has 6 atom stereocenters. The summed E-state index contributed by atoms with van der Waals surface area (Å²) < 4.78 is 110. The molecular weight excluding hydrogens is 1270 g/mol. The Morgan fingerprint density at radius 3 is 1.20 bits per heavy atom. The lowest BCUT2D eigenvalue weighted by Crippen LogP contribution is -2.56. The smallest absolute Gasteiger partial charge is 0.409 e. The third kappa shape index (κ3) is 18.2. The molecule has 0 saturated carbocycles. The molecule has 0 aromatic heterocycles. The van der Waals surface area contributed by atoms with E-state index in [2.05, 4.69) is 38.8 Å². The van der Waals surface area contributed by atoms with Crippen molar-refractivity contribution in [2.24, 2.45) is 0 Å². The maximum absolute atomic E-state index is 13.6. The molecule has 8 rings (SSSR count). The topological polar surface area (TPSA) is 253 Å². The molecule has 486 valence electrons. The van der Waals surface area contributed by atoms with Gasteiger partial charge in [-0.15, -0.1) is 0 Å². The van der Waals surface area contributed by atoms with E-state index < -0.39 is 98.6 Å². The van der Waals surface area contributed by atoms with E-state index in [9.17, 15) is 49.5 Å². The lowest BCUT2D eigenvalue weighted by molar-refractivity contribution is -0.148. The Kier molecular flexibility index (Phi) is 26.4. The van der Waals surface area contributed by atoms with Crippen LogP contribution in [0.25, 0.3) is 0 Å². The molecule has 0 spiro atoms. The van der Waals surface area contributed by atoms with E-state index in [4.69, 9.17) is 58.2 Å². The summed E-state index contributed by atoms with van der Waals surface area (Å²) in [6.07, 6.45) is 9.93. The number of carbonyl (C=O) groups excluding carboxylic acids is 4. The second kappa shape index (κ2) is 31.9. The van der Waals surface area contributed by atoms with Gasteiger partial charge in [-0.2, -0.15) is 12.9 Å². The van der Waals surface area contributed by atoms with E-state index in [1.165, 1.54) is 122 Å². The van der Waals surface area contributed by atoms with Gasteiger partial charge >= 0.3 is 24.0 Å². The summed E-state index contributed by atoms with van der Waals surface area (Å²) in [7, 11) is -10.2. The second-order valence-corrected chi connectivity index (χ2v) is 35.5. The average Bonchev–Trinajstić information content (AvgIpc) is 1.13. The fourth-order valence-corrected chi connectivity index (χ4v) is 18.3. The number of rotatable bonds is 16. The van der Waals surface area contributed by atoms with Crippen LogP contribution in [0.5, 0.6) is 0 Å². The summed E-state index contributed by atoms with van der Waals surface area (Å²) in [5, 5.41) is 10.8. The highest BCUT2D eigenvalue weighted by Gasteiger charge is 2.48. The number of carbonyl (C=O) groups is 4. The highest BCUT2D eigenvalue weighted by atomic mass is 35.5. The molecule has 87 heavy (non-hydrogen) atoms. The third-order valence-corrected chi connectivity index (χ3v) is 28.5. The Bertz CT molecular complexity index is 3110. The number of hydrogen-bond acceptors (Lipinski definition) is 17. The van der Waals surface area contributed by atoms with Gasteiger partial charge in [-0.05, 0) is 187 Å². The summed E-state index contributed by atoms with van der Waals surface area (Å²) in [5.74, 6) is -1.78. The minimum Gasteiger partial charge on any atom is -0.468 e. The maximum atomic E-state index is 13.6. The van der Waals surface area contributed by atoms with Gasteiger partial charge in [0.1, 0.15) is 24.7 Å². The van der Waals surface area contributed by atoms with Crippen molar-refractivity contribution in [2.45, 2.75) is 186 Å². The SMILES string of the molecule is COC(=O)C1CCCC(CO)N1S(=O)(=O)c1ccc(Cl)cc1.COC(=O)C1CCCC(COC(=O)N2CCC(N3CCCCC3)CC2)N1S(=O)(=O)c1ccc(Cl)cc1.COC(=O)C1CCCC(CO[Si](C)(C)C(C)(C)C)N1S(=O)(=O)c1ccc(Cl)cc1. The first-order chi connectivity index (χ1) is 41.0. The number of benzene rings is 3. The summed E-state index contributed by atoms with van der Waals surface area (Å²) in [4.78, 5) is 54.2. The van der Waals surface area contributed by atoms with Crippen LogP contribution in [-0.2, 0) is 67.8 Å². The van der Waals surface area contributed by atoms with Gasteiger partial charge in [0.15, 0.2) is 8.32 Å². The molecule has 3 aromatic carbocycles. The van der Waals surface area contributed by atoms with Crippen LogP contribution in [0.4, 0.5) is 4.79 Å². The predicted molar refractivity (Wildman–Crippen MR) is 333 cm³/mol. The van der Waals surface area contributed by atoms with E-state index in [1.54, 1.807) is 4.90 Å². The zero-order valence-electron chi connectivity index (χ0n) is 51.0. The number of esters is 3. The first-order valence-corrected chi connectivity index (χ1v) is 37.9. The van der Waals surface area contributed by atoms with Crippen LogP contribution in [0, 0.1) is 0 Å². The van der Waals surface area contributed by atoms with E-state index >= 15 is 0 Å². The number of nitrogens with zero attached hydrogens (tertiary/aromatic N) is 5. The zero-order valence-corrected chi connectivity index (χ0v) is 56.7. The highest BCUT2D eigenvalue weighted by molar-refractivity contribution is 7.89. The van der Waals surface area contributed by atoms with Gasteiger partial charge in [0.05, 0.1) is 55.3 Å². The van der Waals surface area contributed by atoms with Gasteiger partial charge in [0.25, 0.3) is 0 Å². The second-order valence-electron chi connectivity index (χ2n) is 23.9. The van der Waals surface area contributed by atoms with Crippen LogP contribution in [0.2, 0.25) is 33.2 Å². The number of ether oxygens (including phenoxy) is 4. The van der Waals surface area contributed by atoms with Gasteiger partial charge in [0, 0.05) is 46.3 Å². The van der Waals surface area contributed by atoms with Crippen LogP contribution in [0.3, 0.4) is 0 Å². The largest absolute Gasteiger partial charge is 0.468 e. The number of piperidine rings is 5. The Labute approximate surface area is 530 Å². The molecule has 28 heteroatoms. The Hall–Kier alpha value is -3.96. The summed E-state index contributed by atoms with van der Waals surface area (Å²) in [6, 6.07) is 13.5. The van der Waals surface area contributed by atoms with E-state index in [0.717, 1.165) is 36.7 Å². The quantitative estimate of drug-likeness (QED) is 0.0796. The van der Waals surface area contributed by atoms with E-state index in [-0.39, 0.29) is 39.5 Å². The molecule has 21 nitrogen and oxygen atoms in total. The monoisotopic (exact) mass is 1350 g/mol. The number of amides is 1. The Morgan fingerprint density at radius 2 is 0.851 bits per heavy atom. The van der Waals surface area contributed by atoms with Crippen molar-refractivity contribution in [3.05, 3.63) is 87.9 Å². The predicted octanol–water partition coefficient (Wildman–Crippen LogP) is 9.38. The molecule has 0 bridgehead atoms. The number of aliphatic hydroxyl groups is 1. The number of methoxy groups -OCH3 is 3. The van der Waals surface area contributed by atoms with Gasteiger partial charge in [-0.25, -0.2) is 30.0 Å². The van der Waals surface area contributed by atoms with Crippen molar-refractivity contribution in [1.82, 2.24) is 22.7 Å². The number of halogens is 3. The molecule has 3 aromatic rings. The number of sulfonamides is 3. The maximum Gasteiger partial charge on any atom is 0.409 e. The number of likely N-dealkylation sites (tertiary alicyclic amines) is 2. The molecule has 5 aliphatic rings. The highest BCUT2D eigenvalue weighted by Crippen LogP contribution is 2.39. The first kappa shape index (κ1) is 72.1. The van der Waals surface area contributed by atoms with Gasteiger partial charge in [-0.1, -0.05) is 62.0 Å². The van der Waals surface area contributed by atoms with Gasteiger partial charge in [-0.3, -0.25) is 14.4 Å². The van der Waals surface area contributed by atoms with E-state index in [1.807, 2.05) is 0 Å². The third-order valence-electron chi connectivity index (χ3n) is 17.3. The van der Waals surface area contributed by atoms with Gasteiger partial charge < -0.3 is 38.3 Å². The fraction of sp³-hybridized carbons (Fsp3) is 0.627. The minimum absolute atomic E-state index is 0.00328. The van der Waals surface area contributed by atoms with E-state index in [0.29, 0.717) is 85.6 Å². The summed E-state index contributed by atoms with van der Waals surface area (Å²) >= 11 is 17.6. The molecule has 5 saturated heterocycles. The first-order valence-electron chi connectivity index (χ1n) is 29.5. The van der Waals surface area contributed by atoms with Crippen molar-refractivity contribution in [3.63, 3.8) is 0 Å². The van der Waals surface area contributed by atoms with Crippen molar-refractivity contribution in [3.8, 4) is 0 Å². The Morgan fingerprint density at radius 1 is 0.506 bits per heavy atom.